The molecular formula is C9H10N4OS. The highest BCUT2D eigenvalue weighted by Gasteiger charge is 2.05. The molecule has 0 saturated heterocycles. The fourth-order valence-corrected chi connectivity index (χ4v) is 1.98. The zero-order valence-electron chi connectivity index (χ0n) is 8.15. The summed E-state index contributed by atoms with van der Waals surface area (Å²) in [7, 11) is 1.86. The van der Waals surface area contributed by atoms with Crippen LogP contribution in [0.4, 0.5) is 0 Å². The van der Waals surface area contributed by atoms with Crippen LogP contribution in [0.2, 0.25) is 0 Å². The Bertz CT molecular complexity index is 484. The lowest BCUT2D eigenvalue weighted by Crippen LogP contribution is -2.04. The third-order valence-corrected chi connectivity index (χ3v) is 2.80. The van der Waals surface area contributed by atoms with E-state index in [0.717, 1.165) is 15.6 Å². The van der Waals surface area contributed by atoms with Crippen LogP contribution in [-0.2, 0) is 6.54 Å². The smallest absolute Gasteiger partial charge is 0.247 e. The molecule has 2 rings (SSSR count). The van der Waals surface area contributed by atoms with Crippen LogP contribution in [-0.4, -0.2) is 22.2 Å². The molecule has 78 valence electrons. The zero-order chi connectivity index (χ0) is 10.7. The fourth-order valence-electron chi connectivity index (χ4n) is 1.14. The second-order valence-corrected chi connectivity index (χ2v) is 4.03. The van der Waals surface area contributed by atoms with Gasteiger partial charge in [0.15, 0.2) is 0 Å². The lowest BCUT2D eigenvalue weighted by Gasteiger charge is -1.92. The van der Waals surface area contributed by atoms with Gasteiger partial charge in [-0.1, -0.05) is 11.3 Å². The summed E-state index contributed by atoms with van der Waals surface area (Å²) in [5.41, 5.74) is 0.771. The normalized spacial score (nSPS) is 10.5. The molecule has 2 N–H and O–H groups in total. The van der Waals surface area contributed by atoms with Crippen molar-refractivity contribution in [1.29, 1.82) is 0 Å². The van der Waals surface area contributed by atoms with Crippen LogP contribution in [0.15, 0.2) is 23.1 Å². The molecule has 0 radical (unpaired) electrons. The lowest BCUT2D eigenvalue weighted by molar-refractivity contribution is 0.795. The molecule has 2 aromatic rings. The average Bonchev–Trinajstić information content (AvgIpc) is 2.68. The van der Waals surface area contributed by atoms with Crippen LogP contribution in [0.5, 0.6) is 0 Å². The van der Waals surface area contributed by atoms with Crippen LogP contribution in [0.3, 0.4) is 0 Å². The third kappa shape index (κ3) is 2.28. The monoisotopic (exact) mass is 222 g/mol. The SMILES string of the molecule is CNCc1nnc(-c2ccc(=O)[nH]c2)s1. The molecular weight excluding hydrogens is 212 g/mol. The molecule has 0 aliphatic heterocycles. The topological polar surface area (TPSA) is 70.7 Å². The molecule has 0 bridgehead atoms. The predicted octanol–water partition coefficient (Wildman–Crippen LogP) is 0.613. The van der Waals surface area contributed by atoms with Crippen molar-refractivity contribution in [3.63, 3.8) is 0 Å². The molecule has 6 heteroatoms. The number of hydrogen-bond donors (Lipinski definition) is 2. The van der Waals surface area contributed by atoms with Crippen molar-refractivity contribution in [3.8, 4) is 10.6 Å². The van der Waals surface area contributed by atoms with E-state index in [4.69, 9.17) is 0 Å². The van der Waals surface area contributed by atoms with Gasteiger partial charge in [0.2, 0.25) is 5.56 Å². The molecule has 0 fully saturated rings. The van der Waals surface area contributed by atoms with Crippen LogP contribution in [0.1, 0.15) is 5.01 Å². The first-order valence-corrected chi connectivity index (χ1v) is 5.27. The number of aromatic nitrogens is 3. The fraction of sp³-hybridized carbons (Fsp3) is 0.222. The molecule has 0 aliphatic rings. The van der Waals surface area contributed by atoms with Crippen molar-refractivity contribution in [2.24, 2.45) is 0 Å². The van der Waals surface area contributed by atoms with Gasteiger partial charge in [-0.05, 0) is 13.1 Å². The zero-order valence-corrected chi connectivity index (χ0v) is 8.97. The predicted molar refractivity (Wildman–Crippen MR) is 58.7 cm³/mol. The summed E-state index contributed by atoms with van der Waals surface area (Å²) < 4.78 is 0. The molecule has 0 unspecified atom stereocenters. The van der Waals surface area contributed by atoms with Gasteiger partial charge in [0, 0.05) is 24.4 Å². The van der Waals surface area contributed by atoms with E-state index in [1.807, 2.05) is 7.05 Å². The Balaban J connectivity index is 2.29. The standard InChI is InChI=1S/C9H10N4OS/c1-10-5-8-12-13-9(15-8)6-2-3-7(14)11-4-6/h2-4,10H,5H2,1H3,(H,11,14). The maximum atomic E-state index is 10.9. The van der Waals surface area contributed by atoms with Gasteiger partial charge in [0.25, 0.3) is 0 Å². The Morgan fingerprint density at radius 3 is 3.00 bits per heavy atom. The summed E-state index contributed by atoms with van der Waals surface area (Å²) in [4.78, 5) is 13.5. The first kappa shape index (κ1) is 10.0. The minimum Gasteiger partial charge on any atom is -0.328 e. The maximum absolute atomic E-state index is 10.9. The van der Waals surface area contributed by atoms with E-state index < -0.39 is 0 Å². The number of nitrogens with one attached hydrogen (secondary N) is 2. The number of nitrogens with zero attached hydrogens (tertiary/aromatic N) is 2. The Hall–Kier alpha value is -1.53. The highest BCUT2D eigenvalue weighted by Crippen LogP contribution is 2.21. The van der Waals surface area contributed by atoms with Crippen molar-refractivity contribution in [3.05, 3.63) is 33.7 Å². The molecule has 5 nitrogen and oxygen atoms in total. The summed E-state index contributed by atoms with van der Waals surface area (Å²) in [6, 6.07) is 3.22. The number of aromatic amines is 1. The second kappa shape index (κ2) is 4.33. The third-order valence-electron chi connectivity index (χ3n) is 1.83. The minimum atomic E-state index is -0.112. The van der Waals surface area contributed by atoms with Crippen molar-refractivity contribution in [1.82, 2.24) is 20.5 Å². The number of rotatable bonds is 3. The van der Waals surface area contributed by atoms with Gasteiger partial charge in [-0.3, -0.25) is 4.79 Å². The van der Waals surface area contributed by atoms with Gasteiger partial charge in [-0.2, -0.15) is 0 Å². The van der Waals surface area contributed by atoms with E-state index in [-0.39, 0.29) is 5.56 Å². The maximum Gasteiger partial charge on any atom is 0.247 e. The van der Waals surface area contributed by atoms with E-state index in [2.05, 4.69) is 20.5 Å². The lowest BCUT2D eigenvalue weighted by atomic mass is 10.3. The molecule has 0 aromatic carbocycles. The number of hydrogen-bond acceptors (Lipinski definition) is 5. The van der Waals surface area contributed by atoms with Crippen molar-refractivity contribution in [2.45, 2.75) is 6.54 Å². The highest BCUT2D eigenvalue weighted by molar-refractivity contribution is 7.14. The first-order chi connectivity index (χ1) is 7.29. The Kier molecular flexibility index (Phi) is 2.89. The van der Waals surface area contributed by atoms with E-state index in [0.29, 0.717) is 6.54 Å². The van der Waals surface area contributed by atoms with Crippen LogP contribution < -0.4 is 10.9 Å². The second-order valence-electron chi connectivity index (χ2n) is 2.97. The van der Waals surface area contributed by atoms with Crippen molar-refractivity contribution < 1.29 is 0 Å². The molecule has 0 amide bonds. The largest absolute Gasteiger partial charge is 0.328 e. The van der Waals surface area contributed by atoms with Gasteiger partial charge < -0.3 is 10.3 Å². The molecule has 15 heavy (non-hydrogen) atoms. The molecule has 0 saturated carbocycles. The quantitative estimate of drug-likeness (QED) is 0.798. The number of pyridine rings is 1. The minimum absolute atomic E-state index is 0.112. The van der Waals surface area contributed by atoms with Gasteiger partial charge in [-0.15, -0.1) is 10.2 Å². The molecule has 0 spiro atoms. The summed E-state index contributed by atoms with van der Waals surface area (Å²) >= 11 is 1.51. The average molecular weight is 222 g/mol. The van der Waals surface area contributed by atoms with Crippen LogP contribution >= 0.6 is 11.3 Å². The van der Waals surface area contributed by atoms with E-state index in [1.54, 1.807) is 12.3 Å². The van der Waals surface area contributed by atoms with Crippen LogP contribution in [0, 0.1) is 0 Å². The van der Waals surface area contributed by atoms with E-state index >= 15 is 0 Å². The van der Waals surface area contributed by atoms with Gasteiger partial charge in [0.1, 0.15) is 10.0 Å². The molecule has 0 atom stereocenters. The van der Waals surface area contributed by atoms with Gasteiger partial charge in [0.05, 0.1) is 0 Å². The number of H-pyrrole nitrogens is 1. The Morgan fingerprint density at radius 1 is 1.47 bits per heavy atom. The molecule has 2 heterocycles. The van der Waals surface area contributed by atoms with E-state index in [9.17, 15) is 4.79 Å². The van der Waals surface area contributed by atoms with E-state index in [1.165, 1.54) is 17.4 Å². The molecule has 2 aromatic heterocycles. The van der Waals surface area contributed by atoms with Gasteiger partial charge >= 0.3 is 0 Å². The summed E-state index contributed by atoms with van der Waals surface area (Å²) in [6.45, 7) is 0.709. The van der Waals surface area contributed by atoms with Crippen molar-refractivity contribution in [2.75, 3.05) is 7.05 Å². The van der Waals surface area contributed by atoms with Crippen LogP contribution in [0.25, 0.3) is 10.6 Å². The first-order valence-electron chi connectivity index (χ1n) is 4.45. The Morgan fingerprint density at radius 2 is 2.33 bits per heavy atom. The summed E-state index contributed by atoms with van der Waals surface area (Å²) in [5, 5.41) is 12.8. The summed E-state index contributed by atoms with van der Waals surface area (Å²) in [6.07, 6.45) is 1.64. The highest BCUT2D eigenvalue weighted by atomic mass is 32.1. The Labute approximate surface area is 90.2 Å². The van der Waals surface area contributed by atoms with Gasteiger partial charge in [-0.25, -0.2) is 0 Å². The summed E-state index contributed by atoms with van der Waals surface area (Å²) in [5.74, 6) is 0. The molecule has 0 aliphatic carbocycles. The van der Waals surface area contributed by atoms with Crippen molar-refractivity contribution >= 4 is 11.3 Å².